The van der Waals surface area contributed by atoms with Gasteiger partial charge in [-0.15, -0.1) is 30.1 Å². The highest BCUT2D eigenvalue weighted by molar-refractivity contribution is 8.18. The van der Waals surface area contributed by atoms with Gasteiger partial charge in [0.1, 0.15) is 24.2 Å². The predicted molar refractivity (Wildman–Crippen MR) is 425 cm³/mol. The SMILES string of the molecule is C=CC[C@H]1CCN(C(=O)[C@@H](NC(=O)OCC(C)C)C2CCCCC2)[C@@H]1C(=O)NC(CC1CC1)C(=O)C(=O)NCC(=O)N[C@H](C(=O)O)c1ccccc1.CCCC(NC(=O)[C@@H]1CC2(CN1C(=O)[C@@H](NC(=O)OCC(C)C)C(C)OCc1ccc(C(C)(C)C)cc1)SCCCS2)C(=O)C(=O)NCC(=O)N[C@H](C(=O)O)c1ccccc1. The third-order valence-electron chi connectivity index (χ3n) is 20.3. The second-order valence-corrected chi connectivity index (χ2v) is 34.7. The lowest BCUT2D eigenvalue weighted by Gasteiger charge is -2.35. The number of amides is 10. The number of benzene rings is 3. The number of carbonyl (C=O) groups excluding carboxylic acids is 12. The first-order valence-corrected chi connectivity index (χ1v) is 41.2. The van der Waals surface area contributed by atoms with E-state index in [0.717, 1.165) is 74.0 Å². The second kappa shape index (κ2) is 43.8. The molecule has 3 aliphatic heterocycles. The number of likely N-dealkylation sites (tertiary alicyclic amines) is 2. The summed E-state index contributed by atoms with van der Waals surface area (Å²) in [5, 5.41) is 39.5. The van der Waals surface area contributed by atoms with E-state index in [4.69, 9.17) is 14.2 Å². The lowest BCUT2D eigenvalue weighted by Crippen LogP contribution is -2.59. The topological polar surface area (TPSA) is 410 Å². The van der Waals surface area contributed by atoms with Gasteiger partial charge in [-0.1, -0.05) is 185 Å². The summed E-state index contributed by atoms with van der Waals surface area (Å²) >= 11 is 3.33. The molecular weight excluding hydrogens is 1490 g/mol. The summed E-state index contributed by atoms with van der Waals surface area (Å²) in [6.07, 6.45) is 8.19. The van der Waals surface area contributed by atoms with Gasteiger partial charge in [0, 0.05) is 19.5 Å². The van der Waals surface area contributed by atoms with Crippen LogP contribution in [-0.2, 0) is 83.8 Å². The van der Waals surface area contributed by atoms with Crippen molar-refractivity contribution in [3.63, 3.8) is 0 Å². The van der Waals surface area contributed by atoms with Crippen LogP contribution < -0.4 is 42.5 Å². The van der Waals surface area contributed by atoms with E-state index < -0.39 is 149 Å². The van der Waals surface area contributed by atoms with Crippen molar-refractivity contribution >= 4 is 106 Å². The van der Waals surface area contributed by atoms with Gasteiger partial charge < -0.3 is 76.8 Å². The zero-order chi connectivity index (χ0) is 82.7. The molecule has 5 fully saturated rings. The first-order chi connectivity index (χ1) is 53.7. The van der Waals surface area contributed by atoms with Crippen molar-refractivity contribution in [2.24, 2.45) is 29.6 Å². The Morgan fingerprint density at radius 3 is 1.63 bits per heavy atom. The highest BCUT2D eigenvalue weighted by Crippen LogP contribution is 2.51. The molecule has 3 saturated heterocycles. The molecule has 8 rings (SSSR count). The minimum Gasteiger partial charge on any atom is -0.479 e. The Bertz CT molecular complexity index is 3790. The number of hydrogen-bond acceptors (Lipinski definition) is 19. The van der Waals surface area contributed by atoms with Crippen molar-refractivity contribution < 1.29 is 91.5 Å². The standard InChI is InChI=1S/C44H61N5O10S2.C38H53N5O9/c1-8-13-32(37(51)39(53)45-23-34(50)47-36(41(55)56)30-14-10-9-11-15-30)46-38(52)33-22-44(60-20-12-21-61-44)26-49(33)40(54)35(48-42(57)59-24-27(2)3)28(4)58-25-29-16-18-31(19-17-29)43(5,6)7;1-4-11-27-18-19-43(36(48)30(25-12-7-5-8-13-25)42-38(51)52-22-23(2)3)32(27)34(46)40-28(20-24-16-17-24)33(45)35(47)39-21-29(44)41-31(37(49)50)26-14-9-6-10-15-26/h9-11,14-19,27-28,32-33,35-36H,8,12-13,20-26H2,1-7H3,(H,45,53)(H,46,52)(H,47,50)(H,48,57)(H,55,56);4,6,9-10,14-15,23-25,27-28,30-32H,1,5,7-8,11-13,16-22H2,2-3H3,(H,39,47)(H,40,46)(H,41,44)(H,42,51)(H,49,50)/t28?,32?,33-,35-,36-;27-,28?,30-,31-,32-/m00/s1. The summed E-state index contributed by atoms with van der Waals surface area (Å²) in [7, 11) is 0. The molecule has 3 aromatic carbocycles. The fraction of sp³-hybridized carbons (Fsp3) is 0.585. The number of ketones is 2. The molecule has 2 saturated carbocycles. The number of alkyl carbamates (subject to hydrolysis) is 2. The average molecular weight is 1610 g/mol. The number of nitrogens with zero attached hydrogens (tertiary/aromatic N) is 2. The van der Waals surface area contributed by atoms with Gasteiger partial charge in [-0.3, -0.25) is 47.9 Å². The molecule has 0 aromatic heterocycles. The lowest BCUT2D eigenvalue weighted by atomic mass is 9.83. The molecule has 113 heavy (non-hydrogen) atoms. The van der Waals surface area contributed by atoms with E-state index in [-0.39, 0.29) is 93.1 Å². The van der Waals surface area contributed by atoms with Crippen LogP contribution in [0.15, 0.2) is 97.6 Å². The Balaban J connectivity index is 0.000000317. The predicted octanol–water partition coefficient (Wildman–Crippen LogP) is 7.74. The fourth-order valence-corrected chi connectivity index (χ4v) is 17.3. The van der Waals surface area contributed by atoms with Crippen molar-refractivity contribution in [3.05, 3.63) is 120 Å². The van der Waals surface area contributed by atoms with Gasteiger partial charge in [0.15, 0.2) is 12.1 Å². The minimum atomic E-state index is -1.38. The number of allylic oxidation sites excluding steroid dienone is 1. The number of nitrogens with one attached hydrogen (secondary N) is 8. The highest BCUT2D eigenvalue weighted by atomic mass is 32.2. The second-order valence-electron chi connectivity index (χ2n) is 31.5. The van der Waals surface area contributed by atoms with Crippen LogP contribution in [0.2, 0.25) is 0 Å². The van der Waals surface area contributed by atoms with Crippen molar-refractivity contribution in [2.75, 3.05) is 50.9 Å². The fourth-order valence-electron chi connectivity index (χ4n) is 14.0. The third kappa shape index (κ3) is 27.7. The van der Waals surface area contributed by atoms with E-state index >= 15 is 0 Å². The molecule has 2 aliphatic carbocycles. The number of rotatable bonds is 37. The highest BCUT2D eigenvalue weighted by Gasteiger charge is 2.53. The lowest BCUT2D eigenvalue weighted by molar-refractivity contribution is -0.145. The van der Waals surface area contributed by atoms with Crippen LogP contribution in [0, 0.1) is 29.6 Å². The number of Topliss-reactive ketones (excluding diaryl/α,β-unsaturated/α-hetero) is 2. The molecule has 1 spiro atoms. The molecule has 0 radical (unpaired) electrons. The maximum Gasteiger partial charge on any atom is 0.407 e. The Kier molecular flexibility index (Phi) is 35.2. The van der Waals surface area contributed by atoms with Gasteiger partial charge in [-0.2, -0.15) is 0 Å². The number of carbonyl (C=O) groups is 14. The van der Waals surface area contributed by atoms with Gasteiger partial charge in [0.05, 0.1) is 55.2 Å². The molecule has 618 valence electrons. The van der Waals surface area contributed by atoms with Crippen LogP contribution in [0.3, 0.4) is 0 Å². The monoisotopic (exact) mass is 1610 g/mol. The molecule has 5 aliphatic rings. The van der Waals surface area contributed by atoms with Crippen LogP contribution in [0.25, 0.3) is 0 Å². The zero-order valence-electron chi connectivity index (χ0n) is 66.3. The molecule has 29 nitrogen and oxygen atoms in total. The van der Waals surface area contributed by atoms with Crippen LogP contribution in [-0.4, -0.2) is 200 Å². The molecule has 3 unspecified atom stereocenters. The number of thioether (sulfide) groups is 2. The summed E-state index contributed by atoms with van der Waals surface area (Å²) in [6.45, 7) is 20.8. The Morgan fingerprint density at radius 2 is 1.13 bits per heavy atom. The first kappa shape index (κ1) is 90.8. The van der Waals surface area contributed by atoms with Gasteiger partial charge in [0.2, 0.25) is 47.0 Å². The zero-order valence-corrected chi connectivity index (χ0v) is 67.9. The van der Waals surface area contributed by atoms with E-state index in [1.807, 2.05) is 52.0 Å². The molecule has 3 heterocycles. The van der Waals surface area contributed by atoms with E-state index in [1.165, 1.54) is 21.9 Å². The van der Waals surface area contributed by atoms with Crippen LogP contribution in [0.1, 0.15) is 187 Å². The number of carboxylic acid groups (broad SMARTS) is 2. The summed E-state index contributed by atoms with van der Waals surface area (Å²) < 4.78 is 16.5. The first-order valence-electron chi connectivity index (χ1n) is 39.2. The van der Waals surface area contributed by atoms with Crippen LogP contribution >= 0.6 is 23.5 Å². The van der Waals surface area contributed by atoms with Crippen LogP contribution in [0.5, 0.6) is 0 Å². The maximum atomic E-state index is 14.8. The largest absolute Gasteiger partial charge is 0.479 e. The molecule has 0 bridgehead atoms. The van der Waals surface area contributed by atoms with Crippen molar-refractivity contribution in [1.29, 1.82) is 0 Å². The molecule has 10 N–H and O–H groups in total. The molecule has 3 aromatic rings. The van der Waals surface area contributed by atoms with Gasteiger partial charge in [0.25, 0.3) is 11.8 Å². The van der Waals surface area contributed by atoms with E-state index in [9.17, 15) is 77.3 Å². The van der Waals surface area contributed by atoms with Crippen molar-refractivity contribution in [3.8, 4) is 0 Å². The molecular formula is C82H114N10O19S2. The average Bonchev–Trinajstić information content (AvgIpc) is 1.62. The van der Waals surface area contributed by atoms with Crippen molar-refractivity contribution in [1.82, 2.24) is 52.3 Å². The normalized spacial score (nSPS) is 19.2. The Labute approximate surface area is 670 Å². The number of hydrogen-bond donors (Lipinski definition) is 10. The van der Waals surface area contributed by atoms with Crippen LogP contribution in [0.4, 0.5) is 9.59 Å². The molecule has 10 atom stereocenters. The number of carboxylic acids is 2. The molecule has 31 heteroatoms. The Morgan fingerprint density at radius 1 is 0.611 bits per heavy atom. The van der Waals surface area contributed by atoms with E-state index in [1.54, 1.807) is 92.0 Å². The summed E-state index contributed by atoms with van der Waals surface area (Å²) in [5.41, 5.74) is 2.63. The van der Waals surface area contributed by atoms with E-state index in [0.29, 0.717) is 30.4 Å². The third-order valence-corrected chi connectivity index (χ3v) is 23.6. The quantitative estimate of drug-likeness (QED) is 0.0195. The Hall–Kier alpha value is -9.36. The minimum absolute atomic E-state index is 0.0401. The summed E-state index contributed by atoms with van der Waals surface area (Å²) in [6, 6.07) is 14.6. The smallest absolute Gasteiger partial charge is 0.407 e. The number of ether oxygens (including phenoxy) is 3. The van der Waals surface area contributed by atoms with Gasteiger partial charge >= 0.3 is 24.1 Å². The summed E-state index contributed by atoms with van der Waals surface area (Å²) in [5.74, 6) is -9.14. The summed E-state index contributed by atoms with van der Waals surface area (Å²) in [4.78, 5) is 188. The number of aliphatic carboxylic acids is 2. The van der Waals surface area contributed by atoms with E-state index in [2.05, 4.69) is 69.9 Å². The maximum absolute atomic E-state index is 14.8. The van der Waals surface area contributed by atoms with Crippen molar-refractivity contribution in [2.45, 2.75) is 223 Å². The molecule has 10 amide bonds. The van der Waals surface area contributed by atoms with Gasteiger partial charge in [-0.05, 0) is 121 Å². The van der Waals surface area contributed by atoms with Gasteiger partial charge in [-0.25, -0.2) is 19.2 Å².